The van der Waals surface area contributed by atoms with Gasteiger partial charge in [0.15, 0.2) is 6.10 Å². The topological polar surface area (TPSA) is 47.6 Å². The van der Waals surface area contributed by atoms with Gasteiger partial charge < -0.3 is 14.8 Å². The first-order chi connectivity index (χ1) is 12.5. The molecule has 1 fully saturated rings. The molecule has 0 aliphatic carbocycles. The second-order valence-corrected chi connectivity index (χ2v) is 7.24. The fraction of sp³-hybridized carbons (Fsp3) is 0.350. The summed E-state index contributed by atoms with van der Waals surface area (Å²) in [4.78, 5) is 12.8. The molecule has 2 aromatic carbocycles. The fourth-order valence-electron chi connectivity index (χ4n) is 3.10. The lowest BCUT2D eigenvalue weighted by molar-refractivity contribution is -0.130. The molecule has 1 saturated heterocycles. The summed E-state index contributed by atoms with van der Waals surface area (Å²) >= 11 is 3.42. The number of carbonyl (C=O) groups is 1. The summed E-state index contributed by atoms with van der Waals surface area (Å²) in [6, 6.07) is 13.7. The summed E-state index contributed by atoms with van der Waals surface area (Å²) < 4.78 is 25.4. The SMILES string of the molecule is CC(Oc1ccccc1Br)C(=O)NC1(c2ccc(F)cc2)CCOCC1. The normalized spacial score (nSPS) is 17.3. The molecule has 0 aromatic heterocycles. The summed E-state index contributed by atoms with van der Waals surface area (Å²) in [5, 5.41) is 3.13. The molecule has 2 aromatic rings. The van der Waals surface area contributed by atoms with Crippen LogP contribution in [0.1, 0.15) is 25.3 Å². The lowest BCUT2D eigenvalue weighted by Gasteiger charge is -2.39. The van der Waals surface area contributed by atoms with Gasteiger partial charge in [-0.1, -0.05) is 24.3 Å². The van der Waals surface area contributed by atoms with E-state index < -0.39 is 11.6 Å². The van der Waals surface area contributed by atoms with Crippen LogP contribution in [-0.2, 0) is 15.1 Å². The molecule has 1 heterocycles. The Morgan fingerprint density at radius 1 is 1.19 bits per heavy atom. The van der Waals surface area contributed by atoms with Crippen LogP contribution in [0.15, 0.2) is 53.0 Å². The van der Waals surface area contributed by atoms with E-state index in [2.05, 4.69) is 21.2 Å². The Kier molecular flexibility index (Phi) is 5.94. The maximum absolute atomic E-state index is 13.3. The molecule has 26 heavy (non-hydrogen) atoms. The average molecular weight is 422 g/mol. The van der Waals surface area contributed by atoms with E-state index in [-0.39, 0.29) is 11.7 Å². The molecule has 0 radical (unpaired) electrons. The summed E-state index contributed by atoms with van der Waals surface area (Å²) in [5.74, 6) is 0.0952. The molecular weight excluding hydrogens is 401 g/mol. The van der Waals surface area contributed by atoms with E-state index in [1.54, 1.807) is 25.1 Å². The minimum absolute atomic E-state index is 0.216. The zero-order chi connectivity index (χ0) is 18.6. The molecule has 0 bridgehead atoms. The van der Waals surface area contributed by atoms with Crippen molar-refractivity contribution >= 4 is 21.8 Å². The Morgan fingerprint density at radius 2 is 1.85 bits per heavy atom. The summed E-state index contributed by atoms with van der Waals surface area (Å²) in [7, 11) is 0. The van der Waals surface area contributed by atoms with E-state index in [0.29, 0.717) is 31.8 Å². The number of rotatable bonds is 5. The predicted molar refractivity (Wildman–Crippen MR) is 101 cm³/mol. The largest absolute Gasteiger partial charge is 0.480 e. The van der Waals surface area contributed by atoms with Crippen LogP contribution in [0, 0.1) is 5.82 Å². The van der Waals surface area contributed by atoms with Crippen molar-refractivity contribution < 1.29 is 18.7 Å². The van der Waals surface area contributed by atoms with Crippen molar-refractivity contribution in [2.75, 3.05) is 13.2 Å². The van der Waals surface area contributed by atoms with Gasteiger partial charge in [-0.25, -0.2) is 4.39 Å². The van der Waals surface area contributed by atoms with Gasteiger partial charge in [-0.2, -0.15) is 0 Å². The monoisotopic (exact) mass is 421 g/mol. The van der Waals surface area contributed by atoms with Gasteiger partial charge in [0.1, 0.15) is 11.6 Å². The second kappa shape index (κ2) is 8.18. The van der Waals surface area contributed by atoms with Crippen LogP contribution >= 0.6 is 15.9 Å². The molecule has 4 nitrogen and oxygen atoms in total. The highest BCUT2D eigenvalue weighted by Gasteiger charge is 2.37. The van der Waals surface area contributed by atoms with Crippen LogP contribution in [0.4, 0.5) is 4.39 Å². The molecule has 1 unspecified atom stereocenters. The molecule has 0 spiro atoms. The molecular formula is C20H21BrFNO3. The summed E-state index contributed by atoms with van der Waals surface area (Å²) in [6.07, 6.45) is 0.590. The molecule has 3 rings (SSSR count). The number of benzene rings is 2. The molecule has 138 valence electrons. The highest BCUT2D eigenvalue weighted by Crippen LogP contribution is 2.33. The van der Waals surface area contributed by atoms with E-state index in [1.807, 2.05) is 18.2 Å². The number of halogens is 2. The van der Waals surface area contributed by atoms with Crippen LogP contribution < -0.4 is 10.1 Å². The van der Waals surface area contributed by atoms with Gasteiger partial charge in [0.25, 0.3) is 5.91 Å². The van der Waals surface area contributed by atoms with E-state index in [4.69, 9.17) is 9.47 Å². The first-order valence-electron chi connectivity index (χ1n) is 8.57. The predicted octanol–water partition coefficient (Wildman–Crippen LogP) is 4.18. The van der Waals surface area contributed by atoms with E-state index in [1.165, 1.54) is 12.1 Å². The maximum Gasteiger partial charge on any atom is 0.261 e. The Hall–Kier alpha value is -1.92. The zero-order valence-corrected chi connectivity index (χ0v) is 16.1. The zero-order valence-electron chi connectivity index (χ0n) is 14.5. The van der Waals surface area contributed by atoms with Gasteiger partial charge >= 0.3 is 0 Å². The van der Waals surface area contributed by atoms with E-state index in [0.717, 1.165) is 10.0 Å². The minimum Gasteiger partial charge on any atom is -0.480 e. The number of amides is 1. The van der Waals surface area contributed by atoms with Gasteiger partial charge in [-0.05, 0) is 65.5 Å². The molecule has 6 heteroatoms. The van der Waals surface area contributed by atoms with Crippen molar-refractivity contribution in [1.82, 2.24) is 5.32 Å². The van der Waals surface area contributed by atoms with Crippen LogP contribution in [0.3, 0.4) is 0 Å². The quantitative estimate of drug-likeness (QED) is 0.787. The smallest absolute Gasteiger partial charge is 0.261 e. The molecule has 1 amide bonds. The third kappa shape index (κ3) is 4.24. The van der Waals surface area contributed by atoms with Gasteiger partial charge in [0.05, 0.1) is 10.0 Å². The Bertz CT molecular complexity index is 760. The number of para-hydroxylation sites is 1. The minimum atomic E-state index is -0.672. The van der Waals surface area contributed by atoms with Crippen molar-refractivity contribution in [3.05, 3.63) is 64.4 Å². The molecule has 1 atom stereocenters. The van der Waals surface area contributed by atoms with Crippen LogP contribution in [0.5, 0.6) is 5.75 Å². The van der Waals surface area contributed by atoms with Crippen LogP contribution in [0.2, 0.25) is 0 Å². The molecule has 0 saturated carbocycles. The highest BCUT2D eigenvalue weighted by atomic mass is 79.9. The number of hydrogen-bond donors (Lipinski definition) is 1. The first-order valence-corrected chi connectivity index (χ1v) is 9.36. The fourth-order valence-corrected chi connectivity index (χ4v) is 3.47. The van der Waals surface area contributed by atoms with Crippen LogP contribution in [-0.4, -0.2) is 25.2 Å². The first kappa shape index (κ1) is 18.9. The molecule has 1 aliphatic rings. The second-order valence-electron chi connectivity index (χ2n) is 6.38. The average Bonchev–Trinajstić information content (AvgIpc) is 2.64. The maximum atomic E-state index is 13.3. The van der Waals surface area contributed by atoms with E-state index >= 15 is 0 Å². The Labute approximate surface area is 160 Å². The van der Waals surface area contributed by atoms with Gasteiger partial charge in [0.2, 0.25) is 0 Å². The number of hydrogen-bond acceptors (Lipinski definition) is 3. The molecule has 1 aliphatic heterocycles. The van der Waals surface area contributed by atoms with Gasteiger partial charge in [-0.15, -0.1) is 0 Å². The number of nitrogens with one attached hydrogen (secondary N) is 1. The van der Waals surface area contributed by atoms with E-state index in [9.17, 15) is 9.18 Å². The van der Waals surface area contributed by atoms with Crippen LogP contribution in [0.25, 0.3) is 0 Å². The van der Waals surface area contributed by atoms with Crippen molar-refractivity contribution in [2.45, 2.75) is 31.4 Å². The van der Waals surface area contributed by atoms with Crippen molar-refractivity contribution in [3.63, 3.8) is 0 Å². The van der Waals surface area contributed by atoms with Crippen molar-refractivity contribution in [2.24, 2.45) is 0 Å². The van der Waals surface area contributed by atoms with Crippen molar-refractivity contribution in [1.29, 1.82) is 0 Å². The van der Waals surface area contributed by atoms with Gasteiger partial charge in [0, 0.05) is 13.2 Å². The lowest BCUT2D eigenvalue weighted by atomic mass is 9.82. The van der Waals surface area contributed by atoms with Crippen molar-refractivity contribution in [3.8, 4) is 5.75 Å². The lowest BCUT2D eigenvalue weighted by Crippen LogP contribution is -2.52. The summed E-state index contributed by atoms with van der Waals surface area (Å²) in [6.45, 7) is 2.79. The third-order valence-corrected chi connectivity index (χ3v) is 5.27. The molecule has 1 N–H and O–H groups in total. The third-order valence-electron chi connectivity index (χ3n) is 4.62. The summed E-state index contributed by atoms with van der Waals surface area (Å²) in [5.41, 5.74) is 0.304. The Balaban J connectivity index is 1.77. The number of carbonyl (C=O) groups excluding carboxylic acids is 1. The highest BCUT2D eigenvalue weighted by molar-refractivity contribution is 9.10. The Morgan fingerprint density at radius 3 is 2.50 bits per heavy atom. The number of ether oxygens (including phenoxy) is 2. The standard InChI is InChI=1S/C20H21BrFNO3/c1-14(26-18-5-3-2-4-17(18)21)19(24)23-20(10-12-25-13-11-20)15-6-8-16(22)9-7-15/h2-9,14H,10-13H2,1H3,(H,23,24). The van der Waals surface area contributed by atoms with Gasteiger partial charge in [-0.3, -0.25) is 4.79 Å².